The summed E-state index contributed by atoms with van der Waals surface area (Å²) in [7, 11) is 0. The summed E-state index contributed by atoms with van der Waals surface area (Å²) in [5, 5.41) is 9.77. The zero-order valence-corrected chi connectivity index (χ0v) is 11.7. The van der Waals surface area contributed by atoms with Crippen LogP contribution in [0.4, 0.5) is 5.69 Å². The van der Waals surface area contributed by atoms with Crippen molar-refractivity contribution in [1.82, 2.24) is 4.98 Å². The van der Waals surface area contributed by atoms with Crippen LogP contribution in [0.1, 0.15) is 30.9 Å². The van der Waals surface area contributed by atoms with Gasteiger partial charge in [-0.3, -0.25) is 0 Å². The number of benzene rings is 1. The second kappa shape index (κ2) is 5.77. The van der Waals surface area contributed by atoms with E-state index in [-0.39, 0.29) is 0 Å². The van der Waals surface area contributed by atoms with Crippen molar-refractivity contribution in [2.45, 2.75) is 29.7 Å². The van der Waals surface area contributed by atoms with Crippen molar-refractivity contribution in [3.05, 3.63) is 47.7 Å². The van der Waals surface area contributed by atoms with E-state index in [9.17, 15) is 0 Å². The lowest BCUT2D eigenvalue weighted by Gasteiger charge is -2.07. The molecule has 0 atom stereocenters. The van der Waals surface area contributed by atoms with Gasteiger partial charge in [-0.1, -0.05) is 37.7 Å². The summed E-state index contributed by atoms with van der Waals surface area (Å²) >= 11 is 1.48. The number of anilines is 1. The smallest absolute Gasteiger partial charge is 0.119 e. The van der Waals surface area contributed by atoms with Gasteiger partial charge in [0.15, 0.2) is 0 Å². The number of nitriles is 1. The number of nitrogen functional groups attached to an aromatic ring is 1. The normalized spacial score (nSPS) is 10.4. The molecule has 1 aromatic heterocycles. The molecule has 0 fully saturated rings. The van der Waals surface area contributed by atoms with E-state index in [0.717, 1.165) is 4.90 Å². The average molecular weight is 269 g/mol. The van der Waals surface area contributed by atoms with Gasteiger partial charge in [0.05, 0.1) is 17.4 Å². The van der Waals surface area contributed by atoms with E-state index in [2.05, 4.69) is 49.2 Å². The summed E-state index contributed by atoms with van der Waals surface area (Å²) < 4.78 is 0. The molecule has 0 saturated carbocycles. The van der Waals surface area contributed by atoms with Gasteiger partial charge < -0.3 is 5.73 Å². The van der Waals surface area contributed by atoms with E-state index >= 15 is 0 Å². The van der Waals surface area contributed by atoms with E-state index in [1.54, 1.807) is 12.3 Å². The Morgan fingerprint density at radius 2 is 1.95 bits per heavy atom. The Kier molecular flexibility index (Phi) is 4.08. The Balaban J connectivity index is 2.24. The van der Waals surface area contributed by atoms with Crippen LogP contribution in [0.15, 0.2) is 46.5 Å². The molecule has 1 heterocycles. The average Bonchev–Trinajstić information content (AvgIpc) is 2.41. The van der Waals surface area contributed by atoms with Crippen molar-refractivity contribution >= 4 is 17.4 Å². The maximum atomic E-state index is 9.08. The van der Waals surface area contributed by atoms with Crippen LogP contribution in [-0.2, 0) is 0 Å². The summed E-state index contributed by atoms with van der Waals surface area (Å²) in [6.45, 7) is 4.33. The van der Waals surface area contributed by atoms with Crippen LogP contribution in [0, 0.1) is 11.3 Å². The summed E-state index contributed by atoms with van der Waals surface area (Å²) in [5.74, 6) is 0.517. The molecule has 19 heavy (non-hydrogen) atoms. The molecular formula is C15H15N3S. The molecular weight excluding hydrogens is 254 g/mol. The number of pyridine rings is 1. The molecule has 4 heteroatoms. The highest BCUT2D eigenvalue weighted by Gasteiger charge is 2.07. The highest BCUT2D eigenvalue weighted by atomic mass is 32.2. The van der Waals surface area contributed by atoms with Crippen LogP contribution in [0.25, 0.3) is 0 Å². The lowest BCUT2D eigenvalue weighted by atomic mass is 10.0. The first-order valence-electron chi connectivity index (χ1n) is 6.03. The standard InChI is InChI=1S/C15H15N3S/c1-10(2)11-3-5-14(6-4-11)19-15-12(8-16)7-13(17)9-18-15/h3-7,9-10H,17H2,1-2H3. The first kappa shape index (κ1) is 13.4. The minimum atomic E-state index is 0.510. The van der Waals surface area contributed by atoms with Crippen LogP contribution < -0.4 is 5.73 Å². The molecule has 0 radical (unpaired) electrons. The van der Waals surface area contributed by atoms with Crippen molar-refractivity contribution in [1.29, 1.82) is 5.26 Å². The molecule has 0 bridgehead atoms. The monoisotopic (exact) mass is 269 g/mol. The molecule has 2 aromatic rings. The summed E-state index contributed by atoms with van der Waals surface area (Å²) in [5.41, 5.74) is 7.95. The quantitative estimate of drug-likeness (QED) is 0.920. The molecule has 3 nitrogen and oxygen atoms in total. The van der Waals surface area contributed by atoms with Crippen LogP contribution in [0.5, 0.6) is 0 Å². The topological polar surface area (TPSA) is 62.7 Å². The van der Waals surface area contributed by atoms with Crippen LogP contribution in [0.3, 0.4) is 0 Å². The van der Waals surface area contributed by atoms with Gasteiger partial charge in [0.1, 0.15) is 11.1 Å². The Hall–Kier alpha value is -1.99. The van der Waals surface area contributed by atoms with Crippen LogP contribution in [0.2, 0.25) is 0 Å². The Morgan fingerprint density at radius 1 is 1.26 bits per heavy atom. The Morgan fingerprint density at radius 3 is 2.53 bits per heavy atom. The fourth-order valence-electron chi connectivity index (χ4n) is 1.66. The fourth-order valence-corrected chi connectivity index (χ4v) is 2.48. The molecule has 0 aliphatic carbocycles. The van der Waals surface area contributed by atoms with E-state index in [1.165, 1.54) is 17.3 Å². The van der Waals surface area contributed by atoms with Gasteiger partial charge in [-0.2, -0.15) is 5.26 Å². The number of hydrogen-bond donors (Lipinski definition) is 1. The fraction of sp³-hybridized carbons (Fsp3) is 0.200. The summed E-state index contributed by atoms with van der Waals surface area (Å²) in [6, 6.07) is 12.1. The molecule has 0 saturated heterocycles. The minimum absolute atomic E-state index is 0.510. The zero-order chi connectivity index (χ0) is 13.8. The Bertz CT molecular complexity index is 612. The molecule has 1 aromatic carbocycles. The molecule has 96 valence electrons. The van der Waals surface area contributed by atoms with Crippen LogP contribution in [-0.4, -0.2) is 4.98 Å². The second-order valence-corrected chi connectivity index (χ2v) is 5.62. The second-order valence-electron chi connectivity index (χ2n) is 4.56. The van der Waals surface area contributed by atoms with Gasteiger partial charge in [-0.25, -0.2) is 4.98 Å². The molecule has 0 amide bonds. The molecule has 0 aliphatic rings. The SMILES string of the molecule is CC(C)c1ccc(Sc2ncc(N)cc2C#N)cc1. The third kappa shape index (κ3) is 3.27. The van der Waals surface area contributed by atoms with Crippen molar-refractivity contribution in [3.8, 4) is 6.07 Å². The zero-order valence-electron chi connectivity index (χ0n) is 10.9. The van der Waals surface area contributed by atoms with E-state index < -0.39 is 0 Å². The van der Waals surface area contributed by atoms with Gasteiger partial charge in [-0.05, 0) is 29.7 Å². The third-order valence-electron chi connectivity index (χ3n) is 2.75. The molecule has 0 aliphatic heterocycles. The third-order valence-corrected chi connectivity index (χ3v) is 3.78. The maximum absolute atomic E-state index is 9.08. The minimum Gasteiger partial charge on any atom is -0.397 e. The molecule has 0 unspecified atom stereocenters. The predicted octanol–water partition coefficient (Wildman–Crippen LogP) is 3.81. The Labute approximate surface area is 117 Å². The maximum Gasteiger partial charge on any atom is 0.119 e. The number of aromatic nitrogens is 1. The van der Waals surface area contributed by atoms with Gasteiger partial charge in [0, 0.05) is 4.90 Å². The molecule has 0 spiro atoms. The summed E-state index contributed by atoms with van der Waals surface area (Å²) in [4.78, 5) is 5.29. The highest BCUT2D eigenvalue weighted by Crippen LogP contribution is 2.30. The van der Waals surface area contributed by atoms with Crippen molar-refractivity contribution in [3.63, 3.8) is 0 Å². The first-order valence-corrected chi connectivity index (χ1v) is 6.85. The number of nitrogens with zero attached hydrogens (tertiary/aromatic N) is 2. The predicted molar refractivity (Wildman–Crippen MR) is 78.0 cm³/mol. The van der Waals surface area contributed by atoms with E-state index in [1.807, 2.05) is 0 Å². The van der Waals surface area contributed by atoms with Crippen molar-refractivity contribution in [2.75, 3.05) is 5.73 Å². The number of hydrogen-bond acceptors (Lipinski definition) is 4. The van der Waals surface area contributed by atoms with E-state index in [0.29, 0.717) is 22.2 Å². The van der Waals surface area contributed by atoms with E-state index in [4.69, 9.17) is 11.0 Å². The lowest BCUT2D eigenvalue weighted by molar-refractivity contribution is 0.865. The summed E-state index contributed by atoms with van der Waals surface area (Å²) in [6.07, 6.45) is 1.58. The molecule has 2 rings (SSSR count). The highest BCUT2D eigenvalue weighted by molar-refractivity contribution is 7.99. The number of nitrogens with two attached hydrogens (primary N) is 1. The van der Waals surface area contributed by atoms with Gasteiger partial charge in [0.25, 0.3) is 0 Å². The van der Waals surface area contributed by atoms with Crippen molar-refractivity contribution in [2.24, 2.45) is 0 Å². The van der Waals surface area contributed by atoms with Crippen molar-refractivity contribution < 1.29 is 0 Å². The van der Waals surface area contributed by atoms with Gasteiger partial charge >= 0.3 is 0 Å². The first-order chi connectivity index (χ1) is 9.10. The molecule has 2 N–H and O–H groups in total. The van der Waals surface area contributed by atoms with Crippen LogP contribution >= 0.6 is 11.8 Å². The largest absolute Gasteiger partial charge is 0.397 e. The number of rotatable bonds is 3. The van der Waals surface area contributed by atoms with Gasteiger partial charge in [0.2, 0.25) is 0 Å². The lowest BCUT2D eigenvalue weighted by Crippen LogP contribution is -1.92. The van der Waals surface area contributed by atoms with Gasteiger partial charge in [-0.15, -0.1) is 0 Å².